The van der Waals surface area contributed by atoms with Crippen LogP contribution in [0.5, 0.6) is 0 Å². The van der Waals surface area contributed by atoms with Gasteiger partial charge in [-0.1, -0.05) is 6.92 Å². The van der Waals surface area contributed by atoms with Crippen molar-refractivity contribution in [2.75, 3.05) is 19.6 Å². The summed E-state index contributed by atoms with van der Waals surface area (Å²) in [5, 5.41) is 2.87. The summed E-state index contributed by atoms with van der Waals surface area (Å²) in [4.78, 5) is 29.5. The van der Waals surface area contributed by atoms with E-state index in [9.17, 15) is 9.59 Å². The Morgan fingerprint density at radius 2 is 2.09 bits per heavy atom. The molecule has 0 spiro atoms. The fraction of sp³-hybridized carbons (Fsp3) is 0.667. The molecule has 1 aliphatic rings. The Balaban J connectivity index is 1.83. The molecule has 1 fully saturated rings. The summed E-state index contributed by atoms with van der Waals surface area (Å²) >= 11 is 0. The second kappa shape index (κ2) is 6.37. The maximum absolute atomic E-state index is 12.1. The van der Waals surface area contributed by atoms with E-state index >= 15 is 0 Å². The van der Waals surface area contributed by atoms with Crippen molar-refractivity contribution in [3.8, 4) is 0 Å². The Morgan fingerprint density at radius 3 is 2.68 bits per heavy atom. The molecule has 122 valence electrons. The topological polar surface area (TPSA) is 76.5 Å². The van der Waals surface area contributed by atoms with Crippen molar-refractivity contribution in [3.05, 3.63) is 18.7 Å². The van der Waals surface area contributed by atoms with E-state index in [1.54, 1.807) is 17.3 Å². The largest absolute Gasteiger partial charge is 0.444 e. The van der Waals surface area contributed by atoms with Crippen molar-refractivity contribution in [1.82, 2.24) is 19.8 Å². The second-order valence-electron chi connectivity index (χ2n) is 6.78. The van der Waals surface area contributed by atoms with Crippen LogP contribution >= 0.6 is 0 Å². The van der Waals surface area contributed by atoms with Crippen LogP contribution in [0.4, 0.5) is 9.59 Å². The van der Waals surface area contributed by atoms with Crippen LogP contribution in [0.25, 0.3) is 0 Å². The zero-order valence-corrected chi connectivity index (χ0v) is 13.6. The van der Waals surface area contributed by atoms with Crippen LogP contribution in [0.15, 0.2) is 18.7 Å². The van der Waals surface area contributed by atoms with Gasteiger partial charge in [-0.25, -0.2) is 14.6 Å². The molecular formula is C15H24N4O3. The molecule has 0 aromatic carbocycles. The molecule has 2 amide bonds. The van der Waals surface area contributed by atoms with Gasteiger partial charge in [-0.05, 0) is 32.6 Å². The van der Waals surface area contributed by atoms with E-state index in [4.69, 9.17) is 4.74 Å². The van der Waals surface area contributed by atoms with Crippen LogP contribution in [0.3, 0.4) is 0 Å². The zero-order chi connectivity index (χ0) is 16.3. The molecule has 1 aromatic rings. The molecule has 2 rings (SSSR count). The molecule has 1 aliphatic heterocycles. The van der Waals surface area contributed by atoms with Gasteiger partial charge < -0.3 is 15.0 Å². The average Bonchev–Trinajstić information content (AvgIpc) is 3.03. The van der Waals surface area contributed by atoms with Crippen molar-refractivity contribution < 1.29 is 14.3 Å². The van der Waals surface area contributed by atoms with Gasteiger partial charge in [0.2, 0.25) is 0 Å². The first-order chi connectivity index (χ1) is 10.3. The van der Waals surface area contributed by atoms with Gasteiger partial charge >= 0.3 is 12.1 Å². The van der Waals surface area contributed by atoms with Crippen molar-refractivity contribution >= 4 is 12.1 Å². The van der Waals surface area contributed by atoms with E-state index in [0.717, 1.165) is 0 Å². The van der Waals surface area contributed by atoms with Gasteiger partial charge in [-0.15, -0.1) is 0 Å². The zero-order valence-electron chi connectivity index (χ0n) is 13.6. The van der Waals surface area contributed by atoms with Crippen LogP contribution in [-0.2, 0) is 4.74 Å². The second-order valence-corrected chi connectivity index (χ2v) is 6.78. The van der Waals surface area contributed by atoms with E-state index in [2.05, 4.69) is 17.2 Å². The molecule has 2 atom stereocenters. The third-order valence-corrected chi connectivity index (χ3v) is 3.67. The first-order valence-electron chi connectivity index (χ1n) is 7.50. The highest BCUT2D eigenvalue weighted by molar-refractivity contribution is 5.76. The minimum Gasteiger partial charge on any atom is -0.444 e. The van der Waals surface area contributed by atoms with Crippen molar-refractivity contribution in [2.24, 2.45) is 11.8 Å². The van der Waals surface area contributed by atoms with E-state index in [1.807, 2.05) is 20.8 Å². The standard InChI is InChI=1S/C15H24N4O3/c1-11-8-19(14(21)22-15(2,3)4)9-12(11)7-17-13(20)18-6-5-16-10-18/h5-6,10-12H,7-9H2,1-4H3,(H,17,20). The van der Waals surface area contributed by atoms with E-state index in [1.165, 1.54) is 10.9 Å². The lowest BCUT2D eigenvalue weighted by Gasteiger charge is -2.24. The molecule has 7 heteroatoms. The lowest BCUT2D eigenvalue weighted by molar-refractivity contribution is 0.0285. The molecule has 7 nitrogen and oxygen atoms in total. The highest BCUT2D eigenvalue weighted by Crippen LogP contribution is 2.24. The smallest absolute Gasteiger partial charge is 0.410 e. The number of carbonyl (C=O) groups is 2. The number of likely N-dealkylation sites (tertiary alicyclic amines) is 1. The average molecular weight is 308 g/mol. The minimum atomic E-state index is -0.492. The van der Waals surface area contributed by atoms with Gasteiger partial charge in [0.05, 0.1) is 0 Å². The van der Waals surface area contributed by atoms with Crippen LogP contribution < -0.4 is 5.32 Å². The van der Waals surface area contributed by atoms with E-state index in [-0.39, 0.29) is 18.0 Å². The number of nitrogens with one attached hydrogen (secondary N) is 1. The molecule has 2 heterocycles. The fourth-order valence-electron chi connectivity index (χ4n) is 2.46. The van der Waals surface area contributed by atoms with Gasteiger partial charge in [-0.3, -0.25) is 4.57 Å². The Bertz CT molecular complexity index is 521. The number of aromatic nitrogens is 2. The van der Waals surface area contributed by atoms with Crippen LogP contribution in [0, 0.1) is 11.8 Å². The van der Waals surface area contributed by atoms with Crippen molar-refractivity contribution in [1.29, 1.82) is 0 Å². The third-order valence-electron chi connectivity index (χ3n) is 3.67. The maximum Gasteiger partial charge on any atom is 0.410 e. The molecule has 0 saturated carbocycles. The molecule has 1 aromatic heterocycles. The number of hydrogen-bond donors (Lipinski definition) is 1. The molecule has 0 radical (unpaired) electrons. The van der Waals surface area contributed by atoms with E-state index < -0.39 is 5.60 Å². The number of ether oxygens (including phenoxy) is 1. The highest BCUT2D eigenvalue weighted by Gasteiger charge is 2.34. The van der Waals surface area contributed by atoms with Gasteiger partial charge in [0.25, 0.3) is 0 Å². The summed E-state index contributed by atoms with van der Waals surface area (Å²) in [6.07, 6.45) is 4.32. The minimum absolute atomic E-state index is 0.208. The molecule has 0 aliphatic carbocycles. The molecule has 1 saturated heterocycles. The molecule has 2 unspecified atom stereocenters. The first-order valence-corrected chi connectivity index (χ1v) is 7.50. The predicted octanol–water partition coefficient (Wildman–Crippen LogP) is 1.94. The molecule has 22 heavy (non-hydrogen) atoms. The molecule has 1 N–H and O–H groups in total. The monoisotopic (exact) mass is 308 g/mol. The fourth-order valence-corrected chi connectivity index (χ4v) is 2.46. The Morgan fingerprint density at radius 1 is 1.36 bits per heavy atom. The first kappa shape index (κ1) is 16.3. The van der Waals surface area contributed by atoms with Crippen LogP contribution in [0.1, 0.15) is 27.7 Å². The third kappa shape index (κ3) is 4.22. The number of rotatable bonds is 2. The van der Waals surface area contributed by atoms with Gasteiger partial charge in [-0.2, -0.15) is 0 Å². The summed E-state index contributed by atoms with van der Waals surface area (Å²) in [6, 6.07) is -0.208. The number of nitrogens with zero attached hydrogens (tertiary/aromatic N) is 3. The number of hydrogen-bond acceptors (Lipinski definition) is 4. The number of carbonyl (C=O) groups excluding carboxylic acids is 2. The predicted molar refractivity (Wildman–Crippen MR) is 81.5 cm³/mol. The highest BCUT2D eigenvalue weighted by atomic mass is 16.6. The Kier molecular flexibility index (Phi) is 4.73. The summed E-state index contributed by atoms with van der Waals surface area (Å²) in [7, 11) is 0. The summed E-state index contributed by atoms with van der Waals surface area (Å²) in [6.45, 7) is 9.42. The number of amides is 2. The van der Waals surface area contributed by atoms with Gasteiger partial charge in [0.15, 0.2) is 0 Å². The molecular weight excluding hydrogens is 284 g/mol. The maximum atomic E-state index is 12.1. The van der Waals surface area contributed by atoms with Crippen molar-refractivity contribution in [2.45, 2.75) is 33.3 Å². The Labute approximate surface area is 130 Å². The van der Waals surface area contributed by atoms with Crippen LogP contribution in [-0.4, -0.2) is 51.8 Å². The Hall–Kier alpha value is -2.05. The normalized spacial score (nSPS) is 21.7. The van der Waals surface area contributed by atoms with Crippen molar-refractivity contribution in [3.63, 3.8) is 0 Å². The summed E-state index contributed by atoms with van der Waals surface area (Å²) in [5.41, 5.74) is -0.492. The number of imidazole rings is 1. The lowest BCUT2D eigenvalue weighted by Crippen LogP contribution is -2.37. The summed E-state index contributed by atoms with van der Waals surface area (Å²) in [5.74, 6) is 0.538. The molecule has 0 bridgehead atoms. The summed E-state index contributed by atoms with van der Waals surface area (Å²) < 4.78 is 6.78. The van der Waals surface area contributed by atoms with Crippen LogP contribution in [0.2, 0.25) is 0 Å². The lowest BCUT2D eigenvalue weighted by atomic mass is 9.98. The van der Waals surface area contributed by atoms with Gasteiger partial charge in [0, 0.05) is 32.0 Å². The van der Waals surface area contributed by atoms with Gasteiger partial charge in [0.1, 0.15) is 11.9 Å². The quantitative estimate of drug-likeness (QED) is 0.906. The van der Waals surface area contributed by atoms with E-state index in [0.29, 0.717) is 25.6 Å². The SMILES string of the molecule is CC1CN(C(=O)OC(C)(C)C)CC1CNC(=O)n1ccnc1.